The molecule has 0 aliphatic heterocycles. The highest BCUT2D eigenvalue weighted by atomic mass is 16.5. The molecule has 0 aliphatic carbocycles. The molecule has 0 atom stereocenters. The fourth-order valence-electron chi connectivity index (χ4n) is 0.893. The Bertz CT molecular complexity index is 215. The molecule has 0 bridgehead atoms. The molecule has 1 aromatic rings. The van der Waals surface area contributed by atoms with E-state index in [9.17, 15) is 5.21 Å². The van der Waals surface area contributed by atoms with Crippen LogP contribution in [0.5, 0.6) is 0 Å². The molecular weight excluding hydrogens is 128 g/mol. The third-order valence-corrected chi connectivity index (χ3v) is 1.20. The molecular formula is C7H9N2O-. The third-order valence-electron chi connectivity index (χ3n) is 1.20. The van der Waals surface area contributed by atoms with Crippen LogP contribution >= 0.6 is 0 Å². The van der Waals surface area contributed by atoms with Gasteiger partial charge in [0.25, 0.3) is 0 Å². The summed E-state index contributed by atoms with van der Waals surface area (Å²) in [7, 11) is 0. The normalized spacial score (nSPS) is 9.50. The Morgan fingerprint density at radius 3 is 2.20 bits per heavy atom. The summed E-state index contributed by atoms with van der Waals surface area (Å²) in [5.74, 6) is 0. The van der Waals surface area contributed by atoms with Crippen molar-refractivity contribution in [3.63, 3.8) is 0 Å². The molecule has 0 radical (unpaired) electrons. The molecule has 0 saturated carbocycles. The molecule has 1 N–H and O–H groups in total. The van der Waals surface area contributed by atoms with E-state index in [-0.39, 0.29) is 0 Å². The third kappa shape index (κ3) is 1.45. The molecule has 1 aromatic heterocycles. The highest BCUT2D eigenvalue weighted by molar-refractivity contribution is 5.45. The van der Waals surface area contributed by atoms with Gasteiger partial charge in [0.15, 0.2) is 0 Å². The molecule has 0 aliphatic rings. The maximum Gasteiger partial charge on any atom is 0.0396 e. The highest BCUT2D eigenvalue weighted by Crippen LogP contribution is 2.08. The molecule has 0 saturated heterocycles. The molecule has 0 fully saturated rings. The number of hydrogen-bond acceptors (Lipinski definition) is 3. The lowest BCUT2D eigenvalue weighted by molar-refractivity contribution is 1.12. The van der Waals surface area contributed by atoms with E-state index in [1.165, 1.54) is 0 Å². The second-order valence-electron chi connectivity index (χ2n) is 2.24. The van der Waals surface area contributed by atoms with E-state index in [0.29, 0.717) is 5.69 Å². The van der Waals surface area contributed by atoms with E-state index < -0.39 is 0 Å². The molecule has 0 aromatic carbocycles. The molecule has 1 rings (SSSR count). The number of nitrogens with one attached hydrogen (secondary N) is 1. The van der Waals surface area contributed by atoms with Crippen molar-refractivity contribution >= 4 is 5.69 Å². The van der Waals surface area contributed by atoms with Crippen LogP contribution in [0.2, 0.25) is 0 Å². The average molecular weight is 137 g/mol. The number of nitrogens with zero attached hydrogens (tertiary/aromatic N) is 1. The van der Waals surface area contributed by atoms with Crippen LogP contribution in [0.1, 0.15) is 11.4 Å². The van der Waals surface area contributed by atoms with Crippen LogP contribution in [0, 0.1) is 19.1 Å². The van der Waals surface area contributed by atoms with Crippen molar-refractivity contribution in [1.82, 2.24) is 4.98 Å². The Balaban J connectivity index is 3.06. The zero-order valence-electron chi connectivity index (χ0n) is 6.01. The van der Waals surface area contributed by atoms with Gasteiger partial charge in [-0.2, -0.15) is 0 Å². The first-order chi connectivity index (χ1) is 4.72. The highest BCUT2D eigenvalue weighted by Gasteiger charge is 1.90. The van der Waals surface area contributed by atoms with Gasteiger partial charge in [-0.1, -0.05) is 0 Å². The fraction of sp³-hybridized carbons (Fsp3) is 0.286. The second kappa shape index (κ2) is 2.66. The minimum Gasteiger partial charge on any atom is -0.761 e. The van der Waals surface area contributed by atoms with Gasteiger partial charge in [-0.05, 0) is 26.0 Å². The summed E-state index contributed by atoms with van der Waals surface area (Å²) in [4.78, 5) is 4.10. The van der Waals surface area contributed by atoms with Gasteiger partial charge >= 0.3 is 0 Å². The fourth-order valence-corrected chi connectivity index (χ4v) is 0.893. The summed E-state index contributed by atoms with van der Waals surface area (Å²) >= 11 is 0. The Morgan fingerprint density at radius 2 is 1.80 bits per heavy atom. The zero-order valence-corrected chi connectivity index (χ0v) is 6.01. The summed E-state index contributed by atoms with van der Waals surface area (Å²) in [5.41, 5.74) is 4.11. The number of anilines is 1. The van der Waals surface area contributed by atoms with Gasteiger partial charge in [0.2, 0.25) is 0 Å². The summed E-state index contributed by atoms with van der Waals surface area (Å²) in [6.07, 6.45) is 0. The van der Waals surface area contributed by atoms with Gasteiger partial charge in [-0.3, -0.25) is 4.98 Å². The first-order valence-electron chi connectivity index (χ1n) is 3.06. The molecule has 3 nitrogen and oxygen atoms in total. The van der Waals surface area contributed by atoms with Gasteiger partial charge in [-0.25, -0.2) is 0 Å². The lowest BCUT2D eigenvalue weighted by Gasteiger charge is -2.09. The number of aryl methyl sites for hydroxylation is 2. The van der Waals surface area contributed by atoms with Gasteiger partial charge in [0, 0.05) is 17.1 Å². The molecule has 0 amide bonds. The van der Waals surface area contributed by atoms with Crippen LogP contribution in [0.15, 0.2) is 12.1 Å². The predicted octanol–water partition coefficient (Wildman–Crippen LogP) is 1.61. The van der Waals surface area contributed by atoms with E-state index in [1.807, 2.05) is 19.3 Å². The topological polar surface area (TPSA) is 48.0 Å². The van der Waals surface area contributed by atoms with Crippen molar-refractivity contribution in [2.75, 3.05) is 5.48 Å². The molecule has 54 valence electrons. The molecule has 3 heteroatoms. The largest absolute Gasteiger partial charge is 0.761 e. The smallest absolute Gasteiger partial charge is 0.0396 e. The van der Waals surface area contributed by atoms with Crippen LogP contribution in [-0.4, -0.2) is 4.98 Å². The quantitative estimate of drug-likeness (QED) is 0.598. The van der Waals surface area contributed by atoms with Gasteiger partial charge in [-0.15, -0.1) is 0 Å². The maximum absolute atomic E-state index is 10.2. The maximum atomic E-state index is 10.2. The Morgan fingerprint density at radius 1 is 1.30 bits per heavy atom. The van der Waals surface area contributed by atoms with Crippen LogP contribution in [0.4, 0.5) is 5.69 Å². The Kier molecular flexibility index (Phi) is 1.87. The number of hydrogen-bond donors (Lipinski definition) is 1. The van der Waals surface area contributed by atoms with Crippen molar-refractivity contribution < 1.29 is 0 Å². The molecule has 0 spiro atoms. The average Bonchev–Trinajstić information content (AvgIpc) is 1.85. The van der Waals surface area contributed by atoms with Crippen LogP contribution in [0.25, 0.3) is 0 Å². The van der Waals surface area contributed by atoms with Crippen molar-refractivity contribution in [2.45, 2.75) is 13.8 Å². The van der Waals surface area contributed by atoms with Crippen molar-refractivity contribution in [1.29, 1.82) is 0 Å². The summed E-state index contributed by atoms with van der Waals surface area (Å²) in [6.45, 7) is 3.71. The first kappa shape index (κ1) is 7.02. The summed E-state index contributed by atoms with van der Waals surface area (Å²) in [6, 6.07) is 3.42. The standard InChI is InChI=1S/C7H9N2O/c1-5-3-7(9-10)4-6(2)8-5/h3-4H,1-2H3,(H-,8,9,10)/q-1. The minimum atomic E-state index is 0.574. The van der Waals surface area contributed by atoms with E-state index >= 15 is 0 Å². The first-order valence-corrected chi connectivity index (χ1v) is 3.06. The summed E-state index contributed by atoms with van der Waals surface area (Å²) in [5, 5.41) is 10.2. The zero-order chi connectivity index (χ0) is 7.56. The van der Waals surface area contributed by atoms with Crippen molar-refractivity contribution in [2.24, 2.45) is 0 Å². The second-order valence-corrected chi connectivity index (χ2v) is 2.24. The molecule has 0 unspecified atom stereocenters. The molecule has 10 heavy (non-hydrogen) atoms. The Labute approximate surface area is 59.7 Å². The number of rotatable bonds is 1. The van der Waals surface area contributed by atoms with E-state index in [1.54, 1.807) is 12.1 Å². The van der Waals surface area contributed by atoms with Crippen molar-refractivity contribution in [3.8, 4) is 0 Å². The van der Waals surface area contributed by atoms with Gasteiger partial charge in [0.05, 0.1) is 0 Å². The summed E-state index contributed by atoms with van der Waals surface area (Å²) < 4.78 is 0. The number of aromatic nitrogens is 1. The van der Waals surface area contributed by atoms with Gasteiger partial charge in [0.1, 0.15) is 0 Å². The lowest BCUT2D eigenvalue weighted by atomic mass is 10.3. The number of pyridine rings is 1. The minimum absolute atomic E-state index is 0.574. The van der Waals surface area contributed by atoms with Gasteiger partial charge < -0.3 is 10.7 Å². The van der Waals surface area contributed by atoms with E-state index in [0.717, 1.165) is 11.4 Å². The lowest BCUT2D eigenvalue weighted by Crippen LogP contribution is -1.90. The SMILES string of the molecule is Cc1cc(N[O-])cc(C)n1. The van der Waals surface area contributed by atoms with Crippen LogP contribution in [0.3, 0.4) is 0 Å². The molecule has 1 heterocycles. The van der Waals surface area contributed by atoms with Crippen LogP contribution in [-0.2, 0) is 0 Å². The van der Waals surface area contributed by atoms with E-state index in [2.05, 4.69) is 4.98 Å². The Hall–Kier alpha value is -1.09. The predicted molar refractivity (Wildman–Crippen MR) is 40.7 cm³/mol. The monoisotopic (exact) mass is 137 g/mol. The van der Waals surface area contributed by atoms with Crippen LogP contribution < -0.4 is 5.48 Å². The van der Waals surface area contributed by atoms with E-state index in [4.69, 9.17) is 0 Å². The van der Waals surface area contributed by atoms with Crippen molar-refractivity contribution in [3.05, 3.63) is 28.7 Å².